The van der Waals surface area contributed by atoms with E-state index in [0.29, 0.717) is 12.6 Å². The van der Waals surface area contributed by atoms with Crippen molar-refractivity contribution < 1.29 is 4.79 Å². The maximum Gasteiger partial charge on any atom is 0.317 e. The van der Waals surface area contributed by atoms with Gasteiger partial charge in [0.15, 0.2) is 0 Å². The molecule has 88 valence electrons. The molecule has 1 aliphatic carbocycles. The third kappa shape index (κ3) is 2.52. The lowest BCUT2D eigenvalue weighted by atomic mass is 9.93. The van der Waals surface area contributed by atoms with Gasteiger partial charge >= 0.3 is 6.03 Å². The van der Waals surface area contributed by atoms with Crippen LogP contribution in [-0.4, -0.2) is 29.0 Å². The van der Waals surface area contributed by atoms with Gasteiger partial charge in [0.1, 0.15) is 0 Å². The normalized spacial score (nSPS) is 15.6. The lowest BCUT2D eigenvalue weighted by Gasteiger charge is -2.29. The summed E-state index contributed by atoms with van der Waals surface area (Å²) in [5.74, 6) is 0. The zero-order chi connectivity index (χ0) is 11.5. The van der Waals surface area contributed by atoms with Gasteiger partial charge in [0.05, 0.1) is 17.7 Å². The first kappa shape index (κ1) is 11.4. The fourth-order valence-corrected chi connectivity index (χ4v) is 2.43. The minimum atomic E-state index is 0.0255. The average molecular weight is 239 g/mol. The highest BCUT2D eigenvalue weighted by molar-refractivity contribution is 7.09. The summed E-state index contributed by atoms with van der Waals surface area (Å²) in [4.78, 5) is 18.8. The van der Waals surface area contributed by atoms with Crippen LogP contribution in [0.15, 0.2) is 5.51 Å². The number of hydrogen-bond acceptors (Lipinski definition) is 3. The molecular weight excluding hydrogens is 222 g/mol. The molecular formula is C11H17N3OS. The van der Waals surface area contributed by atoms with Crippen molar-refractivity contribution in [1.29, 1.82) is 0 Å². The van der Waals surface area contributed by atoms with Gasteiger partial charge in [0.25, 0.3) is 0 Å². The molecule has 0 aromatic carbocycles. The van der Waals surface area contributed by atoms with Crippen molar-refractivity contribution in [2.24, 2.45) is 0 Å². The Bertz CT molecular complexity index is 373. The van der Waals surface area contributed by atoms with E-state index in [1.807, 2.05) is 19.5 Å². The highest BCUT2D eigenvalue weighted by atomic mass is 32.1. The van der Waals surface area contributed by atoms with E-state index in [4.69, 9.17) is 0 Å². The summed E-state index contributed by atoms with van der Waals surface area (Å²) in [6.07, 6.45) is 3.49. The second-order valence-electron chi connectivity index (χ2n) is 4.29. The number of rotatable bonds is 3. The molecule has 2 amide bonds. The SMILES string of the molecule is Cc1ncsc1CN(C)C(=O)NC1CCC1. The van der Waals surface area contributed by atoms with Crippen LogP contribution in [0.4, 0.5) is 4.79 Å². The van der Waals surface area contributed by atoms with Gasteiger partial charge in [-0.3, -0.25) is 0 Å². The summed E-state index contributed by atoms with van der Waals surface area (Å²) in [5, 5.41) is 3.02. The summed E-state index contributed by atoms with van der Waals surface area (Å²) in [6.45, 7) is 2.62. The molecule has 1 heterocycles. The van der Waals surface area contributed by atoms with E-state index in [9.17, 15) is 4.79 Å². The number of carbonyl (C=O) groups excluding carboxylic acids is 1. The number of carbonyl (C=O) groups is 1. The Balaban J connectivity index is 1.84. The fraction of sp³-hybridized carbons (Fsp3) is 0.636. The third-order valence-corrected chi connectivity index (χ3v) is 3.92. The molecule has 1 fully saturated rings. The van der Waals surface area contributed by atoms with Gasteiger partial charge in [-0.15, -0.1) is 11.3 Å². The van der Waals surface area contributed by atoms with Crippen molar-refractivity contribution in [3.63, 3.8) is 0 Å². The van der Waals surface area contributed by atoms with Crippen LogP contribution in [0.25, 0.3) is 0 Å². The van der Waals surface area contributed by atoms with Gasteiger partial charge in [-0.05, 0) is 26.2 Å². The first-order valence-electron chi connectivity index (χ1n) is 5.57. The maximum absolute atomic E-state index is 11.8. The van der Waals surface area contributed by atoms with Gasteiger partial charge in [0, 0.05) is 18.0 Å². The molecule has 2 rings (SSSR count). The molecule has 0 radical (unpaired) electrons. The van der Waals surface area contributed by atoms with Gasteiger partial charge in [-0.1, -0.05) is 0 Å². The van der Waals surface area contributed by atoms with E-state index in [1.165, 1.54) is 6.42 Å². The lowest BCUT2D eigenvalue weighted by Crippen LogP contribution is -2.45. The number of urea groups is 1. The Labute approximate surface area is 99.7 Å². The van der Waals surface area contributed by atoms with Crippen LogP contribution in [0.5, 0.6) is 0 Å². The van der Waals surface area contributed by atoms with E-state index in [-0.39, 0.29) is 6.03 Å². The molecule has 0 aliphatic heterocycles. The van der Waals surface area contributed by atoms with E-state index >= 15 is 0 Å². The summed E-state index contributed by atoms with van der Waals surface area (Å²) >= 11 is 1.60. The number of aryl methyl sites for hydroxylation is 1. The summed E-state index contributed by atoms with van der Waals surface area (Å²) in [6, 6.07) is 0.426. The van der Waals surface area contributed by atoms with E-state index in [0.717, 1.165) is 23.4 Å². The van der Waals surface area contributed by atoms with Crippen LogP contribution < -0.4 is 5.32 Å². The molecule has 0 bridgehead atoms. The molecule has 0 atom stereocenters. The minimum Gasteiger partial charge on any atom is -0.335 e. The summed E-state index contributed by atoms with van der Waals surface area (Å²) in [5.41, 5.74) is 2.84. The van der Waals surface area contributed by atoms with Gasteiger partial charge in [0.2, 0.25) is 0 Å². The highest BCUT2D eigenvalue weighted by Crippen LogP contribution is 2.19. The number of thiazole rings is 1. The standard InChI is InChI=1S/C11H17N3OS/c1-8-10(16-7-12-8)6-14(2)11(15)13-9-4-3-5-9/h7,9H,3-6H2,1-2H3,(H,13,15). The van der Waals surface area contributed by atoms with Gasteiger partial charge in [-0.2, -0.15) is 0 Å². The number of aromatic nitrogens is 1. The highest BCUT2D eigenvalue weighted by Gasteiger charge is 2.21. The molecule has 0 spiro atoms. The van der Waals surface area contributed by atoms with Crippen LogP contribution in [0, 0.1) is 6.92 Å². The Morgan fingerprint density at radius 3 is 2.94 bits per heavy atom. The molecule has 1 aromatic heterocycles. The molecule has 1 aliphatic rings. The van der Waals surface area contributed by atoms with Crippen molar-refractivity contribution in [2.45, 2.75) is 38.8 Å². The molecule has 5 heteroatoms. The Hall–Kier alpha value is -1.10. The Morgan fingerprint density at radius 2 is 2.44 bits per heavy atom. The molecule has 1 saturated carbocycles. The van der Waals surface area contributed by atoms with E-state index < -0.39 is 0 Å². The van der Waals surface area contributed by atoms with Gasteiger partial charge < -0.3 is 10.2 Å². The zero-order valence-electron chi connectivity index (χ0n) is 9.69. The predicted molar refractivity (Wildman–Crippen MR) is 64.5 cm³/mol. The zero-order valence-corrected chi connectivity index (χ0v) is 10.5. The van der Waals surface area contributed by atoms with Crippen LogP contribution >= 0.6 is 11.3 Å². The Kier molecular flexibility index (Phi) is 3.43. The summed E-state index contributed by atoms with van der Waals surface area (Å²) < 4.78 is 0. The number of nitrogens with one attached hydrogen (secondary N) is 1. The van der Waals surface area contributed by atoms with Crippen LogP contribution in [0.2, 0.25) is 0 Å². The predicted octanol–water partition coefficient (Wildman–Crippen LogP) is 2.15. The van der Waals surface area contributed by atoms with Gasteiger partial charge in [-0.25, -0.2) is 9.78 Å². The van der Waals surface area contributed by atoms with E-state index in [1.54, 1.807) is 16.2 Å². The smallest absolute Gasteiger partial charge is 0.317 e. The average Bonchev–Trinajstić information content (AvgIpc) is 2.58. The second kappa shape index (κ2) is 4.82. The largest absolute Gasteiger partial charge is 0.335 e. The van der Waals surface area contributed by atoms with Crippen LogP contribution in [0.1, 0.15) is 29.8 Å². The summed E-state index contributed by atoms with van der Waals surface area (Å²) in [7, 11) is 1.83. The number of hydrogen-bond donors (Lipinski definition) is 1. The quantitative estimate of drug-likeness (QED) is 0.878. The van der Waals surface area contributed by atoms with Crippen molar-refractivity contribution in [1.82, 2.24) is 15.2 Å². The number of amides is 2. The van der Waals surface area contributed by atoms with Crippen molar-refractivity contribution in [2.75, 3.05) is 7.05 Å². The Morgan fingerprint density at radius 1 is 1.69 bits per heavy atom. The molecule has 16 heavy (non-hydrogen) atoms. The van der Waals surface area contributed by atoms with Crippen molar-refractivity contribution in [3.8, 4) is 0 Å². The monoisotopic (exact) mass is 239 g/mol. The van der Waals surface area contributed by atoms with E-state index in [2.05, 4.69) is 10.3 Å². The molecule has 0 saturated heterocycles. The maximum atomic E-state index is 11.8. The lowest BCUT2D eigenvalue weighted by molar-refractivity contribution is 0.195. The first-order valence-corrected chi connectivity index (χ1v) is 6.45. The molecule has 4 nitrogen and oxygen atoms in total. The molecule has 0 unspecified atom stereocenters. The number of nitrogens with zero attached hydrogens (tertiary/aromatic N) is 2. The van der Waals surface area contributed by atoms with Crippen molar-refractivity contribution in [3.05, 3.63) is 16.1 Å². The molecule has 1 aromatic rings. The van der Waals surface area contributed by atoms with Crippen LogP contribution in [-0.2, 0) is 6.54 Å². The van der Waals surface area contributed by atoms with Crippen molar-refractivity contribution >= 4 is 17.4 Å². The fourth-order valence-electron chi connectivity index (χ4n) is 1.60. The molecule has 1 N–H and O–H groups in total. The minimum absolute atomic E-state index is 0.0255. The topological polar surface area (TPSA) is 45.2 Å². The second-order valence-corrected chi connectivity index (χ2v) is 5.23. The first-order chi connectivity index (χ1) is 7.66. The van der Waals surface area contributed by atoms with Crippen LogP contribution in [0.3, 0.4) is 0 Å². The third-order valence-electron chi connectivity index (χ3n) is 3.01.